The van der Waals surface area contributed by atoms with Gasteiger partial charge >= 0.3 is 0 Å². The highest BCUT2D eigenvalue weighted by molar-refractivity contribution is 8.13. The van der Waals surface area contributed by atoms with Crippen molar-refractivity contribution in [3.05, 3.63) is 11.3 Å². The van der Waals surface area contributed by atoms with E-state index in [0.29, 0.717) is 23.8 Å². The van der Waals surface area contributed by atoms with E-state index in [1.807, 2.05) is 6.26 Å². The Morgan fingerprint density at radius 1 is 1.61 bits per heavy atom. The first-order chi connectivity index (χ1) is 8.49. The minimum atomic E-state index is -0.659. The second-order valence-corrected chi connectivity index (χ2v) is 5.49. The summed E-state index contributed by atoms with van der Waals surface area (Å²) in [6.45, 7) is 6.06. The van der Waals surface area contributed by atoms with Crippen LogP contribution in [0.4, 0.5) is 0 Å². The summed E-state index contributed by atoms with van der Waals surface area (Å²) in [5.41, 5.74) is 0.698. The molecule has 1 aliphatic heterocycles. The summed E-state index contributed by atoms with van der Waals surface area (Å²) in [6.07, 6.45) is 3.42. The third kappa shape index (κ3) is 2.64. The Balaban J connectivity index is 2.11. The van der Waals surface area contributed by atoms with E-state index < -0.39 is 5.60 Å². The summed E-state index contributed by atoms with van der Waals surface area (Å²) in [7, 11) is 0. The number of hydrogen-bond acceptors (Lipinski definition) is 4. The topological polar surface area (TPSA) is 65.3 Å². The number of carbonyl (C=O) groups is 1. The van der Waals surface area contributed by atoms with Gasteiger partial charge in [0.25, 0.3) is 5.91 Å². The molecule has 18 heavy (non-hydrogen) atoms. The lowest BCUT2D eigenvalue weighted by Gasteiger charge is -2.19. The zero-order chi connectivity index (χ0) is 13.3. The Morgan fingerprint density at radius 3 is 2.78 bits per heavy atom. The highest BCUT2D eigenvalue weighted by Crippen LogP contribution is 2.37. The molecule has 2 aliphatic rings. The van der Waals surface area contributed by atoms with E-state index in [-0.39, 0.29) is 5.91 Å². The molecule has 1 aliphatic carbocycles. The minimum absolute atomic E-state index is 0.0430. The molecule has 0 atom stereocenters. The van der Waals surface area contributed by atoms with Crippen molar-refractivity contribution >= 4 is 29.6 Å². The van der Waals surface area contributed by atoms with Crippen molar-refractivity contribution in [2.75, 3.05) is 19.3 Å². The molecule has 0 aromatic carbocycles. The number of nitrogens with zero attached hydrogens (tertiary/aromatic N) is 3. The highest BCUT2D eigenvalue weighted by atomic mass is 32.2. The smallest absolute Gasteiger partial charge is 0.251 e. The van der Waals surface area contributed by atoms with Gasteiger partial charge in [-0.05, 0) is 32.7 Å². The van der Waals surface area contributed by atoms with Crippen LogP contribution in [0.3, 0.4) is 0 Å². The molecule has 5 nitrogen and oxygen atoms in total. The van der Waals surface area contributed by atoms with E-state index in [0.717, 1.165) is 18.5 Å². The molecule has 1 saturated carbocycles. The second-order valence-electron chi connectivity index (χ2n) is 4.71. The summed E-state index contributed by atoms with van der Waals surface area (Å²) in [5.74, 6) is -0.0430. The van der Waals surface area contributed by atoms with Crippen molar-refractivity contribution in [1.29, 1.82) is 0 Å². The van der Waals surface area contributed by atoms with E-state index in [9.17, 15) is 9.90 Å². The normalized spacial score (nSPS) is 22.7. The number of aliphatic hydroxyl groups is 1. The van der Waals surface area contributed by atoms with Crippen LogP contribution in [0.5, 0.6) is 0 Å². The van der Waals surface area contributed by atoms with Gasteiger partial charge in [0.1, 0.15) is 0 Å². The maximum absolute atomic E-state index is 12.0. The second kappa shape index (κ2) is 4.85. The molecule has 2 rings (SSSR count). The summed E-state index contributed by atoms with van der Waals surface area (Å²) < 4.78 is 0. The van der Waals surface area contributed by atoms with E-state index >= 15 is 0 Å². The highest BCUT2D eigenvalue weighted by Gasteiger charge is 2.44. The van der Waals surface area contributed by atoms with Gasteiger partial charge in [-0.25, -0.2) is 9.98 Å². The van der Waals surface area contributed by atoms with Gasteiger partial charge in [0.05, 0.1) is 24.4 Å². The van der Waals surface area contributed by atoms with E-state index in [4.69, 9.17) is 0 Å². The summed E-state index contributed by atoms with van der Waals surface area (Å²) in [4.78, 5) is 21.8. The van der Waals surface area contributed by atoms with Crippen molar-refractivity contribution in [3.8, 4) is 0 Å². The van der Waals surface area contributed by atoms with Crippen LogP contribution in [0.25, 0.3) is 0 Å². The molecule has 1 amide bonds. The van der Waals surface area contributed by atoms with Crippen LogP contribution in [0, 0.1) is 0 Å². The average molecular weight is 267 g/mol. The molecule has 0 unspecified atom stereocenters. The van der Waals surface area contributed by atoms with Gasteiger partial charge in [0, 0.05) is 5.57 Å². The van der Waals surface area contributed by atoms with Crippen LogP contribution in [0.2, 0.25) is 0 Å². The molecule has 6 heteroatoms. The molecule has 0 spiro atoms. The van der Waals surface area contributed by atoms with Gasteiger partial charge in [0.2, 0.25) is 0 Å². The maximum Gasteiger partial charge on any atom is 0.251 e. The molecule has 0 radical (unpaired) electrons. The van der Waals surface area contributed by atoms with Crippen LogP contribution in [0.15, 0.2) is 21.3 Å². The number of hydrogen-bond donors (Lipinski definition) is 1. The Bertz CT molecular complexity index is 452. The first kappa shape index (κ1) is 13.3. The molecular formula is C12H17N3O2S. The van der Waals surface area contributed by atoms with Crippen LogP contribution in [-0.2, 0) is 4.79 Å². The number of β-amino-alcohol motifs (C(OH)–C–C–N with tert-alkyl or cyclic N) is 1. The van der Waals surface area contributed by atoms with E-state index in [2.05, 4.69) is 16.7 Å². The first-order valence-electron chi connectivity index (χ1n) is 5.80. The molecule has 1 N–H and O–H groups in total. The van der Waals surface area contributed by atoms with Crippen molar-refractivity contribution in [1.82, 2.24) is 4.90 Å². The average Bonchev–Trinajstić information content (AvgIpc) is 3.03. The van der Waals surface area contributed by atoms with E-state index in [1.165, 1.54) is 11.8 Å². The SMILES string of the molecule is C=NC(=NC1=C(C)C(=O)N(CC2(O)CC2)C1)SC. The monoisotopic (exact) mass is 267 g/mol. The molecule has 0 aromatic heterocycles. The number of thioether (sulfide) groups is 1. The van der Waals surface area contributed by atoms with Crippen molar-refractivity contribution < 1.29 is 9.90 Å². The lowest BCUT2D eigenvalue weighted by Crippen LogP contribution is -2.35. The number of carbonyl (C=O) groups excluding carboxylic acids is 1. The molecular weight excluding hydrogens is 250 g/mol. The summed E-state index contributed by atoms with van der Waals surface area (Å²) >= 11 is 1.39. The van der Waals surface area contributed by atoms with Crippen LogP contribution >= 0.6 is 11.8 Å². The van der Waals surface area contributed by atoms with Crippen molar-refractivity contribution in [3.63, 3.8) is 0 Å². The minimum Gasteiger partial charge on any atom is -0.388 e. The third-order valence-electron chi connectivity index (χ3n) is 3.24. The first-order valence-corrected chi connectivity index (χ1v) is 7.02. The molecule has 1 heterocycles. The quantitative estimate of drug-likeness (QED) is 0.614. The van der Waals surface area contributed by atoms with Crippen LogP contribution in [0.1, 0.15) is 19.8 Å². The molecule has 0 aromatic rings. The predicted octanol–water partition coefficient (Wildman–Crippen LogP) is 1.05. The van der Waals surface area contributed by atoms with E-state index in [1.54, 1.807) is 11.8 Å². The summed E-state index contributed by atoms with van der Waals surface area (Å²) in [6, 6.07) is 0. The number of aliphatic imine (C=N–C) groups is 2. The van der Waals surface area contributed by atoms with Gasteiger partial charge in [0.15, 0.2) is 5.17 Å². The third-order valence-corrected chi connectivity index (χ3v) is 3.83. The van der Waals surface area contributed by atoms with Gasteiger partial charge in [-0.2, -0.15) is 0 Å². The van der Waals surface area contributed by atoms with Gasteiger partial charge in [-0.3, -0.25) is 4.79 Å². The predicted molar refractivity (Wildman–Crippen MR) is 74.0 cm³/mol. The zero-order valence-electron chi connectivity index (χ0n) is 10.6. The van der Waals surface area contributed by atoms with Gasteiger partial charge in [-0.1, -0.05) is 11.8 Å². The van der Waals surface area contributed by atoms with Crippen molar-refractivity contribution in [2.24, 2.45) is 9.98 Å². The fraction of sp³-hybridized carbons (Fsp3) is 0.583. The standard InChI is InChI=1S/C12H17N3O2S/c1-8-9(14-11(13-2)18-3)6-15(10(8)16)7-12(17)4-5-12/h17H,2,4-7H2,1,3H3. The zero-order valence-corrected chi connectivity index (χ0v) is 11.5. The number of rotatable bonds is 3. The Morgan fingerprint density at radius 2 is 2.28 bits per heavy atom. The fourth-order valence-corrected chi connectivity index (χ4v) is 2.23. The number of amides is 1. The summed E-state index contributed by atoms with van der Waals surface area (Å²) in [5, 5.41) is 10.4. The van der Waals surface area contributed by atoms with Crippen LogP contribution in [-0.4, -0.2) is 52.7 Å². The van der Waals surface area contributed by atoms with Gasteiger partial charge in [-0.15, -0.1) is 0 Å². The van der Waals surface area contributed by atoms with Crippen molar-refractivity contribution in [2.45, 2.75) is 25.4 Å². The lowest BCUT2D eigenvalue weighted by molar-refractivity contribution is -0.127. The largest absolute Gasteiger partial charge is 0.388 e. The molecule has 1 fully saturated rings. The lowest BCUT2D eigenvalue weighted by atomic mass is 10.3. The Hall–Kier alpha value is -1.14. The Labute approximate surface area is 111 Å². The maximum atomic E-state index is 12.0. The van der Waals surface area contributed by atoms with Gasteiger partial charge < -0.3 is 10.0 Å². The fourth-order valence-electron chi connectivity index (χ4n) is 1.90. The van der Waals surface area contributed by atoms with Crippen LogP contribution < -0.4 is 0 Å². The molecule has 0 bridgehead atoms. The Kier molecular flexibility index (Phi) is 3.59. The number of amidine groups is 1. The molecule has 0 saturated heterocycles. The molecule has 98 valence electrons.